The quantitative estimate of drug-likeness (QED) is 0.657. The average Bonchev–Trinajstić information content (AvgIpc) is 3.35. The minimum atomic E-state index is -0.578. The van der Waals surface area contributed by atoms with Crippen molar-refractivity contribution in [1.82, 2.24) is 10.2 Å². The number of aliphatic hydroxyl groups excluding tert-OH is 1. The van der Waals surface area contributed by atoms with Crippen LogP contribution in [0.4, 0.5) is 0 Å². The van der Waals surface area contributed by atoms with Crippen molar-refractivity contribution in [1.29, 1.82) is 0 Å². The van der Waals surface area contributed by atoms with Crippen LogP contribution in [0, 0.1) is 28.6 Å². The maximum atomic E-state index is 10.3. The maximum Gasteiger partial charge on any atom is 0.164 e. The van der Waals surface area contributed by atoms with Gasteiger partial charge in [0.2, 0.25) is 0 Å². The predicted octanol–water partition coefficient (Wildman–Crippen LogP) is 4.69. The molecule has 0 amide bonds. The van der Waals surface area contributed by atoms with Gasteiger partial charge in [-0.2, -0.15) is 5.10 Å². The van der Waals surface area contributed by atoms with Gasteiger partial charge in [0.05, 0.1) is 17.9 Å². The first-order chi connectivity index (χ1) is 14.2. The molecule has 1 aromatic rings. The number of nitrogens with zero attached hydrogens (tertiary/aromatic N) is 1. The van der Waals surface area contributed by atoms with E-state index in [9.17, 15) is 5.11 Å². The number of fused-ring (bicyclic) bond motifs is 7. The number of ether oxygens (including phenoxy) is 2. The van der Waals surface area contributed by atoms with Gasteiger partial charge in [-0.25, -0.2) is 0 Å². The number of aromatic amines is 1. The highest BCUT2D eigenvalue weighted by Gasteiger charge is 2.74. The largest absolute Gasteiger partial charge is 0.393 e. The van der Waals surface area contributed by atoms with Gasteiger partial charge in [0.15, 0.2) is 5.79 Å². The van der Waals surface area contributed by atoms with Gasteiger partial charge < -0.3 is 14.6 Å². The molecule has 3 saturated carbocycles. The van der Waals surface area contributed by atoms with E-state index in [1.54, 1.807) is 0 Å². The summed E-state index contributed by atoms with van der Waals surface area (Å²) >= 11 is 0. The molecule has 0 bridgehead atoms. The van der Waals surface area contributed by atoms with E-state index in [2.05, 4.69) is 50.0 Å². The predicted molar refractivity (Wildman–Crippen MR) is 113 cm³/mol. The van der Waals surface area contributed by atoms with Gasteiger partial charge in [-0.05, 0) is 88.0 Å². The fraction of sp³-hybridized carbons (Fsp3) is 0.800. The second-order valence-electron chi connectivity index (χ2n) is 11.7. The minimum absolute atomic E-state index is 0.0228. The van der Waals surface area contributed by atoms with Crippen LogP contribution in [0.3, 0.4) is 0 Å². The third-order valence-corrected chi connectivity index (χ3v) is 9.97. The molecule has 1 aliphatic heterocycles. The summed E-state index contributed by atoms with van der Waals surface area (Å²) < 4.78 is 13.4. The Labute approximate surface area is 179 Å². The van der Waals surface area contributed by atoms with Gasteiger partial charge in [0, 0.05) is 11.6 Å². The molecule has 5 nitrogen and oxygen atoms in total. The zero-order chi connectivity index (χ0) is 20.9. The number of hydrogen-bond donors (Lipinski definition) is 2. The van der Waals surface area contributed by atoms with Crippen molar-refractivity contribution in [2.24, 2.45) is 28.6 Å². The van der Waals surface area contributed by atoms with E-state index in [-0.39, 0.29) is 23.0 Å². The molecule has 30 heavy (non-hydrogen) atoms. The van der Waals surface area contributed by atoms with Gasteiger partial charge in [-0.15, -0.1) is 0 Å². The molecule has 1 aromatic heterocycles. The Bertz CT molecular complexity index is 879. The SMILES string of the molecule is CC1(C)O[C@@H]2C[C@@H]3[C@H]4CC=C5C[C@H](O)CC[C@]5(C)[C@@H]4CC[C@]3(C)[C@]2(c2ccn[nH]2)O1. The Morgan fingerprint density at radius 1 is 1.13 bits per heavy atom. The van der Waals surface area contributed by atoms with Crippen molar-refractivity contribution in [3.63, 3.8) is 0 Å². The van der Waals surface area contributed by atoms with Gasteiger partial charge in [0.25, 0.3) is 0 Å². The monoisotopic (exact) mass is 412 g/mol. The molecule has 1 saturated heterocycles. The number of aliphatic hydroxyl groups is 1. The Morgan fingerprint density at radius 3 is 2.73 bits per heavy atom. The summed E-state index contributed by atoms with van der Waals surface area (Å²) in [5, 5.41) is 17.8. The maximum absolute atomic E-state index is 10.3. The summed E-state index contributed by atoms with van der Waals surface area (Å²) in [6.07, 6.45) is 11.8. The summed E-state index contributed by atoms with van der Waals surface area (Å²) in [5.74, 6) is 1.36. The Hall–Kier alpha value is -1.17. The van der Waals surface area contributed by atoms with Crippen LogP contribution >= 0.6 is 0 Å². The molecule has 0 radical (unpaired) electrons. The van der Waals surface area contributed by atoms with Crippen molar-refractivity contribution in [3.05, 3.63) is 29.6 Å². The molecular formula is C25H36N2O3. The van der Waals surface area contributed by atoms with Crippen LogP contribution in [-0.2, 0) is 15.1 Å². The number of H-pyrrole nitrogens is 1. The standard InChI is InChI=1S/C25H36N2O3/c1-22(2)29-21-14-19-17-6-5-15-13-16(28)7-10-23(15,3)18(17)8-11-24(19,4)25(21,30-22)20-9-12-26-27-20/h5,9,12,16-19,21,28H,6-8,10-11,13-14H2,1-4H3,(H,26,27)/t16-,17+,18-,19-,21-,23+,24+,25-/m1/s1. The van der Waals surface area contributed by atoms with Crippen LogP contribution < -0.4 is 0 Å². The van der Waals surface area contributed by atoms with Gasteiger partial charge in [0.1, 0.15) is 5.60 Å². The fourth-order valence-corrected chi connectivity index (χ4v) is 8.69. The number of hydrogen-bond acceptors (Lipinski definition) is 4. The van der Waals surface area contributed by atoms with E-state index in [0.29, 0.717) is 17.8 Å². The Balaban J connectivity index is 1.42. The van der Waals surface area contributed by atoms with Gasteiger partial charge in [-0.3, -0.25) is 5.10 Å². The van der Waals surface area contributed by atoms with Crippen molar-refractivity contribution >= 4 is 0 Å². The van der Waals surface area contributed by atoms with E-state index in [1.807, 2.05) is 6.20 Å². The second-order valence-corrected chi connectivity index (χ2v) is 11.7. The van der Waals surface area contributed by atoms with Crippen LogP contribution in [-0.4, -0.2) is 33.3 Å². The molecule has 0 aromatic carbocycles. The van der Waals surface area contributed by atoms with E-state index in [4.69, 9.17) is 9.47 Å². The molecule has 2 heterocycles. The molecule has 6 rings (SSSR count). The summed E-state index contributed by atoms with van der Waals surface area (Å²) in [7, 11) is 0. The first-order valence-corrected chi connectivity index (χ1v) is 11.9. The van der Waals surface area contributed by atoms with Crippen LogP contribution in [0.25, 0.3) is 0 Å². The summed E-state index contributed by atoms with van der Waals surface area (Å²) in [6.45, 7) is 9.06. The molecule has 164 valence electrons. The topological polar surface area (TPSA) is 67.4 Å². The zero-order valence-corrected chi connectivity index (χ0v) is 18.8. The highest BCUT2D eigenvalue weighted by molar-refractivity contribution is 5.31. The molecule has 2 N–H and O–H groups in total. The van der Waals surface area contributed by atoms with Gasteiger partial charge >= 0.3 is 0 Å². The molecule has 0 spiro atoms. The summed E-state index contributed by atoms with van der Waals surface area (Å²) in [6, 6.07) is 2.10. The lowest BCUT2D eigenvalue weighted by Gasteiger charge is -2.59. The molecule has 5 aliphatic rings. The lowest BCUT2D eigenvalue weighted by Crippen LogP contribution is -2.55. The van der Waals surface area contributed by atoms with E-state index in [0.717, 1.165) is 44.2 Å². The van der Waals surface area contributed by atoms with E-state index in [1.165, 1.54) is 12.0 Å². The van der Waals surface area contributed by atoms with Crippen molar-refractivity contribution in [2.45, 2.75) is 96.2 Å². The summed E-state index contributed by atoms with van der Waals surface area (Å²) in [5.41, 5.74) is 2.44. The number of rotatable bonds is 1. The lowest BCUT2D eigenvalue weighted by atomic mass is 9.46. The van der Waals surface area contributed by atoms with Crippen molar-refractivity contribution in [2.75, 3.05) is 0 Å². The van der Waals surface area contributed by atoms with Gasteiger partial charge in [-0.1, -0.05) is 25.5 Å². The first kappa shape index (κ1) is 19.5. The van der Waals surface area contributed by atoms with Crippen LogP contribution in [0.5, 0.6) is 0 Å². The number of nitrogens with one attached hydrogen (secondary N) is 1. The lowest BCUT2D eigenvalue weighted by molar-refractivity contribution is -0.220. The highest BCUT2D eigenvalue weighted by atomic mass is 16.8. The minimum Gasteiger partial charge on any atom is -0.393 e. The van der Waals surface area contributed by atoms with Crippen LogP contribution in [0.1, 0.15) is 78.3 Å². The smallest absolute Gasteiger partial charge is 0.164 e. The zero-order valence-electron chi connectivity index (χ0n) is 18.8. The molecule has 0 unspecified atom stereocenters. The average molecular weight is 413 g/mol. The van der Waals surface area contributed by atoms with Crippen LogP contribution in [0.15, 0.2) is 23.9 Å². The Kier molecular flexibility index (Phi) is 3.90. The first-order valence-electron chi connectivity index (χ1n) is 11.9. The Morgan fingerprint density at radius 2 is 1.97 bits per heavy atom. The second kappa shape index (κ2) is 5.99. The molecule has 4 aliphatic carbocycles. The van der Waals surface area contributed by atoms with E-state index < -0.39 is 11.4 Å². The normalized spacial score (nSPS) is 51.5. The third kappa shape index (κ3) is 2.27. The van der Waals surface area contributed by atoms with Crippen molar-refractivity contribution in [3.8, 4) is 0 Å². The number of allylic oxidation sites excluding steroid dienone is 1. The van der Waals surface area contributed by atoms with Crippen molar-refractivity contribution < 1.29 is 14.6 Å². The molecule has 5 heteroatoms. The third-order valence-electron chi connectivity index (χ3n) is 9.97. The molecule has 4 fully saturated rings. The summed E-state index contributed by atoms with van der Waals surface area (Å²) in [4.78, 5) is 0. The van der Waals surface area contributed by atoms with Crippen LogP contribution in [0.2, 0.25) is 0 Å². The van der Waals surface area contributed by atoms with E-state index >= 15 is 0 Å². The molecule has 8 atom stereocenters. The fourth-order valence-electron chi connectivity index (χ4n) is 8.69. The molecular weight excluding hydrogens is 376 g/mol. The number of aromatic nitrogens is 2. The highest BCUT2D eigenvalue weighted by Crippen LogP contribution is 2.72.